The maximum Gasteiger partial charge on any atom is 0.267 e. The van der Waals surface area contributed by atoms with Crippen molar-refractivity contribution in [2.75, 3.05) is 56.2 Å². The van der Waals surface area contributed by atoms with Gasteiger partial charge in [0, 0.05) is 45.4 Å². The molecule has 2 saturated heterocycles. The highest BCUT2D eigenvalue weighted by atomic mass is 16.5. The lowest BCUT2D eigenvalue weighted by Crippen LogP contribution is -2.47. The number of hydrogen-bond acceptors (Lipinski definition) is 7. The highest BCUT2D eigenvalue weighted by Gasteiger charge is 2.21. The molecule has 0 radical (unpaired) electrons. The molecular weight excluding hydrogens is 398 g/mol. The summed E-state index contributed by atoms with van der Waals surface area (Å²) in [5.74, 6) is 1.33. The second kappa shape index (κ2) is 9.82. The Morgan fingerprint density at radius 2 is 1.94 bits per heavy atom. The number of amides is 1. The van der Waals surface area contributed by atoms with E-state index in [4.69, 9.17) is 9.47 Å². The number of piperazine rings is 1. The number of methoxy groups -OCH3 is 1. The van der Waals surface area contributed by atoms with Gasteiger partial charge in [0.2, 0.25) is 5.91 Å². The van der Waals surface area contributed by atoms with Crippen LogP contribution in [0.25, 0.3) is 0 Å². The minimum atomic E-state index is -0.288. The van der Waals surface area contributed by atoms with Crippen molar-refractivity contribution in [3.63, 3.8) is 0 Å². The Labute approximate surface area is 181 Å². The predicted molar refractivity (Wildman–Crippen MR) is 118 cm³/mol. The Hall–Kier alpha value is -3.07. The molecule has 9 heteroatoms. The first-order chi connectivity index (χ1) is 15.1. The molecule has 2 aromatic rings. The lowest BCUT2D eigenvalue weighted by atomic mass is 10.2. The minimum Gasteiger partial charge on any atom is -0.495 e. The predicted octanol–water partition coefficient (Wildman–Crippen LogP) is 0.874. The fourth-order valence-corrected chi connectivity index (χ4v) is 4.01. The Balaban J connectivity index is 1.36. The number of hydrogen-bond donors (Lipinski definition) is 1. The van der Waals surface area contributed by atoms with Crippen LogP contribution in [0.3, 0.4) is 0 Å². The van der Waals surface area contributed by atoms with E-state index in [1.165, 1.54) is 10.7 Å². The Kier molecular flexibility index (Phi) is 6.71. The zero-order valence-corrected chi connectivity index (χ0v) is 17.8. The molecule has 0 bridgehead atoms. The summed E-state index contributed by atoms with van der Waals surface area (Å²) in [6.45, 7) is 4.25. The van der Waals surface area contributed by atoms with Gasteiger partial charge in [-0.15, -0.1) is 0 Å². The lowest BCUT2D eigenvalue weighted by Gasteiger charge is -2.37. The summed E-state index contributed by atoms with van der Waals surface area (Å²) < 4.78 is 12.2. The van der Waals surface area contributed by atoms with E-state index in [0.717, 1.165) is 57.1 Å². The molecule has 1 atom stereocenters. The van der Waals surface area contributed by atoms with E-state index in [9.17, 15) is 9.59 Å². The number of rotatable bonds is 7. The van der Waals surface area contributed by atoms with Gasteiger partial charge in [-0.05, 0) is 31.0 Å². The monoisotopic (exact) mass is 427 g/mol. The second-order valence-corrected chi connectivity index (χ2v) is 7.77. The molecule has 2 fully saturated rings. The average molecular weight is 428 g/mol. The molecule has 1 aromatic carbocycles. The fraction of sp³-hybridized carbons (Fsp3) is 0.500. The van der Waals surface area contributed by atoms with Gasteiger partial charge in [-0.25, -0.2) is 4.68 Å². The molecule has 0 aliphatic carbocycles. The zero-order chi connectivity index (χ0) is 21.6. The van der Waals surface area contributed by atoms with E-state index in [0.29, 0.717) is 12.4 Å². The number of nitrogens with zero attached hydrogens (tertiary/aromatic N) is 4. The van der Waals surface area contributed by atoms with Crippen molar-refractivity contribution in [1.82, 2.24) is 15.1 Å². The van der Waals surface area contributed by atoms with E-state index in [1.807, 2.05) is 18.2 Å². The van der Waals surface area contributed by atoms with Crippen LogP contribution in [0.15, 0.2) is 41.2 Å². The first-order valence-electron chi connectivity index (χ1n) is 10.7. The van der Waals surface area contributed by atoms with Crippen molar-refractivity contribution in [1.29, 1.82) is 0 Å². The Morgan fingerprint density at radius 3 is 2.68 bits per heavy atom. The number of anilines is 2. The van der Waals surface area contributed by atoms with Gasteiger partial charge in [0.25, 0.3) is 5.56 Å². The van der Waals surface area contributed by atoms with Crippen molar-refractivity contribution >= 4 is 17.4 Å². The summed E-state index contributed by atoms with van der Waals surface area (Å²) in [5, 5.41) is 7.28. The van der Waals surface area contributed by atoms with Crippen LogP contribution in [-0.2, 0) is 16.1 Å². The molecule has 1 N–H and O–H groups in total. The maximum absolute atomic E-state index is 12.3. The third-order valence-electron chi connectivity index (χ3n) is 5.73. The molecule has 0 saturated carbocycles. The van der Waals surface area contributed by atoms with Crippen molar-refractivity contribution in [2.45, 2.75) is 25.5 Å². The largest absolute Gasteiger partial charge is 0.495 e. The van der Waals surface area contributed by atoms with Crippen molar-refractivity contribution in [2.24, 2.45) is 0 Å². The number of para-hydroxylation sites is 2. The highest BCUT2D eigenvalue weighted by molar-refractivity contribution is 5.75. The molecule has 31 heavy (non-hydrogen) atoms. The van der Waals surface area contributed by atoms with Gasteiger partial charge in [0.05, 0.1) is 18.9 Å². The molecule has 0 spiro atoms. The Morgan fingerprint density at radius 1 is 1.16 bits per heavy atom. The number of ether oxygens (including phenoxy) is 2. The van der Waals surface area contributed by atoms with Crippen LogP contribution in [0, 0.1) is 0 Å². The van der Waals surface area contributed by atoms with E-state index in [1.54, 1.807) is 13.2 Å². The smallest absolute Gasteiger partial charge is 0.267 e. The van der Waals surface area contributed by atoms with E-state index in [-0.39, 0.29) is 24.1 Å². The van der Waals surface area contributed by atoms with Gasteiger partial charge >= 0.3 is 0 Å². The van der Waals surface area contributed by atoms with Crippen LogP contribution < -0.4 is 25.4 Å². The van der Waals surface area contributed by atoms with E-state index >= 15 is 0 Å². The van der Waals surface area contributed by atoms with Crippen LogP contribution in [0.1, 0.15) is 12.8 Å². The quantitative estimate of drug-likeness (QED) is 0.702. The maximum atomic E-state index is 12.3. The third-order valence-corrected chi connectivity index (χ3v) is 5.73. The molecule has 2 aliphatic heterocycles. The van der Waals surface area contributed by atoms with Gasteiger partial charge in [-0.1, -0.05) is 12.1 Å². The number of carbonyl (C=O) groups excluding carboxylic acids is 1. The molecule has 9 nitrogen and oxygen atoms in total. The van der Waals surface area contributed by atoms with Gasteiger partial charge < -0.3 is 24.6 Å². The van der Waals surface area contributed by atoms with Gasteiger partial charge in [0.15, 0.2) is 0 Å². The van der Waals surface area contributed by atoms with Gasteiger partial charge in [0.1, 0.15) is 18.1 Å². The number of carbonyl (C=O) groups is 1. The van der Waals surface area contributed by atoms with Crippen molar-refractivity contribution in [3.05, 3.63) is 46.8 Å². The summed E-state index contributed by atoms with van der Waals surface area (Å²) in [4.78, 5) is 28.9. The molecular formula is C22H29N5O4. The molecule has 166 valence electrons. The SMILES string of the molecule is COc1ccccc1N1CCN(c2ccc(=O)n(CC(=O)NC[C@H]3CCCO3)n2)CC1. The van der Waals surface area contributed by atoms with Crippen LogP contribution in [0.2, 0.25) is 0 Å². The van der Waals surface area contributed by atoms with Crippen LogP contribution >= 0.6 is 0 Å². The highest BCUT2D eigenvalue weighted by Crippen LogP contribution is 2.28. The summed E-state index contributed by atoms with van der Waals surface area (Å²) in [5.41, 5.74) is 0.786. The van der Waals surface area contributed by atoms with E-state index in [2.05, 4.69) is 26.3 Å². The number of nitrogens with one attached hydrogen (secondary N) is 1. The summed E-state index contributed by atoms with van der Waals surface area (Å²) in [6, 6.07) is 11.2. The first-order valence-corrected chi connectivity index (χ1v) is 10.7. The van der Waals surface area contributed by atoms with Crippen molar-refractivity contribution in [3.8, 4) is 5.75 Å². The first kappa shape index (κ1) is 21.2. The fourth-order valence-electron chi connectivity index (χ4n) is 4.01. The lowest BCUT2D eigenvalue weighted by molar-refractivity contribution is -0.122. The van der Waals surface area contributed by atoms with Crippen LogP contribution in [0.4, 0.5) is 11.5 Å². The van der Waals surface area contributed by atoms with Crippen LogP contribution in [0.5, 0.6) is 5.75 Å². The number of aromatic nitrogens is 2. The number of benzene rings is 1. The molecule has 2 aliphatic rings. The summed E-state index contributed by atoms with van der Waals surface area (Å²) in [6.07, 6.45) is 2.04. The third kappa shape index (κ3) is 5.16. The molecule has 4 rings (SSSR count). The summed E-state index contributed by atoms with van der Waals surface area (Å²) in [7, 11) is 1.68. The van der Waals surface area contributed by atoms with Crippen molar-refractivity contribution < 1.29 is 14.3 Å². The van der Waals surface area contributed by atoms with Gasteiger partial charge in [-0.2, -0.15) is 5.10 Å². The summed E-state index contributed by atoms with van der Waals surface area (Å²) >= 11 is 0. The normalized spacial score (nSPS) is 18.8. The van der Waals surface area contributed by atoms with Crippen LogP contribution in [-0.4, -0.2) is 68.2 Å². The second-order valence-electron chi connectivity index (χ2n) is 7.77. The topological polar surface area (TPSA) is 88.9 Å². The molecule has 1 amide bonds. The average Bonchev–Trinajstić information content (AvgIpc) is 3.33. The molecule has 0 unspecified atom stereocenters. The standard InChI is InChI=1S/C22H29N5O4/c1-30-19-7-3-2-6-18(19)25-10-12-26(13-11-25)20-8-9-22(29)27(24-20)16-21(28)23-15-17-5-4-14-31-17/h2-3,6-9,17H,4-5,10-16H2,1H3,(H,23,28)/t17-/m1/s1. The molecule has 1 aromatic heterocycles. The van der Waals surface area contributed by atoms with E-state index < -0.39 is 0 Å². The van der Waals surface area contributed by atoms with Gasteiger partial charge in [-0.3, -0.25) is 9.59 Å². The Bertz CT molecular complexity index is 949. The minimum absolute atomic E-state index is 0.0690. The zero-order valence-electron chi connectivity index (χ0n) is 17.8. The molecule has 3 heterocycles.